The maximum atomic E-state index is 12.7. The summed E-state index contributed by atoms with van der Waals surface area (Å²) in [6.07, 6.45) is 3.04. The van der Waals surface area contributed by atoms with Crippen LogP contribution in [0.3, 0.4) is 0 Å². The molecule has 0 saturated heterocycles. The highest BCUT2D eigenvalue weighted by Gasteiger charge is 2.23. The molecule has 0 atom stereocenters. The average molecular weight is 398 g/mol. The Bertz CT molecular complexity index is 915. The Kier molecular flexibility index (Phi) is 6.16. The highest BCUT2D eigenvalue weighted by Crippen LogP contribution is 2.38. The topological polar surface area (TPSA) is 108 Å². The molecule has 0 bridgehead atoms. The minimum Gasteiger partial charge on any atom is -0.497 e. The first-order chi connectivity index (χ1) is 13.5. The second kappa shape index (κ2) is 8.76. The van der Waals surface area contributed by atoms with E-state index in [1.54, 1.807) is 24.1 Å². The normalized spacial score (nSPS) is 12.1. The van der Waals surface area contributed by atoms with Gasteiger partial charge in [-0.2, -0.15) is 5.26 Å². The lowest BCUT2D eigenvalue weighted by Gasteiger charge is -2.24. The summed E-state index contributed by atoms with van der Waals surface area (Å²) in [5.74, 6) is 0.0342. The largest absolute Gasteiger partial charge is 0.497 e. The molecule has 1 aromatic heterocycles. The standard InChI is InChI=1S/C20H22N4O3S/c1-27-14-7-5-13(6-8-14)24(10-9-18(22)25)12-19(26)23-20-16(11-21)15-3-2-4-17(15)28-20/h5-8H,2-4,9-10,12H2,1H3,(H2,22,25)(H,23,26). The number of nitrogens with zero attached hydrogens (tertiary/aromatic N) is 2. The number of nitrogens with one attached hydrogen (secondary N) is 1. The molecule has 8 heteroatoms. The summed E-state index contributed by atoms with van der Waals surface area (Å²) in [5.41, 5.74) is 7.72. The smallest absolute Gasteiger partial charge is 0.244 e. The molecule has 0 spiro atoms. The van der Waals surface area contributed by atoms with E-state index in [0.717, 1.165) is 30.5 Å². The van der Waals surface area contributed by atoms with Gasteiger partial charge in [0.1, 0.15) is 16.8 Å². The Balaban J connectivity index is 1.73. The SMILES string of the molecule is COc1ccc(N(CCC(N)=O)CC(=O)Nc2sc3c(c2C#N)CCC3)cc1. The molecule has 7 nitrogen and oxygen atoms in total. The van der Waals surface area contributed by atoms with Crippen LogP contribution in [-0.4, -0.2) is 32.0 Å². The van der Waals surface area contributed by atoms with Crippen LogP contribution < -0.4 is 20.7 Å². The van der Waals surface area contributed by atoms with E-state index >= 15 is 0 Å². The van der Waals surface area contributed by atoms with Crippen molar-refractivity contribution < 1.29 is 14.3 Å². The highest BCUT2D eigenvalue weighted by atomic mass is 32.1. The van der Waals surface area contributed by atoms with Crippen molar-refractivity contribution in [3.63, 3.8) is 0 Å². The summed E-state index contributed by atoms with van der Waals surface area (Å²) in [4.78, 5) is 26.9. The molecule has 0 aliphatic heterocycles. The van der Waals surface area contributed by atoms with Crippen molar-refractivity contribution in [2.24, 2.45) is 5.73 Å². The molecule has 0 saturated carbocycles. The van der Waals surface area contributed by atoms with E-state index in [2.05, 4.69) is 11.4 Å². The molecule has 3 N–H and O–H groups in total. The van der Waals surface area contributed by atoms with Crippen LogP contribution in [0.2, 0.25) is 0 Å². The zero-order chi connectivity index (χ0) is 20.1. The van der Waals surface area contributed by atoms with Gasteiger partial charge in [-0.25, -0.2) is 0 Å². The van der Waals surface area contributed by atoms with Crippen molar-refractivity contribution in [1.29, 1.82) is 5.26 Å². The van der Waals surface area contributed by atoms with Crippen LogP contribution in [0.4, 0.5) is 10.7 Å². The summed E-state index contributed by atoms with van der Waals surface area (Å²) in [6, 6.07) is 9.47. The number of anilines is 2. The van der Waals surface area contributed by atoms with E-state index in [0.29, 0.717) is 22.9 Å². The molecule has 1 aliphatic carbocycles. The lowest BCUT2D eigenvalue weighted by atomic mass is 10.1. The van der Waals surface area contributed by atoms with Gasteiger partial charge in [0.15, 0.2) is 0 Å². The van der Waals surface area contributed by atoms with Gasteiger partial charge in [-0.1, -0.05) is 0 Å². The van der Waals surface area contributed by atoms with Crippen LogP contribution in [0.1, 0.15) is 28.8 Å². The van der Waals surface area contributed by atoms with Crippen LogP contribution in [0.5, 0.6) is 5.75 Å². The van der Waals surface area contributed by atoms with Gasteiger partial charge in [0.05, 0.1) is 19.2 Å². The molecule has 0 unspecified atom stereocenters. The van der Waals surface area contributed by atoms with Gasteiger partial charge in [0.2, 0.25) is 11.8 Å². The third-order valence-electron chi connectivity index (χ3n) is 4.69. The number of amides is 2. The lowest BCUT2D eigenvalue weighted by molar-refractivity contribution is -0.118. The molecule has 0 fully saturated rings. The minimum absolute atomic E-state index is 0.0487. The van der Waals surface area contributed by atoms with Gasteiger partial charge in [0.25, 0.3) is 0 Å². The zero-order valence-electron chi connectivity index (χ0n) is 15.7. The first-order valence-corrected chi connectivity index (χ1v) is 9.85. The molecular formula is C20H22N4O3S. The number of nitrogens with two attached hydrogens (primary N) is 1. The quantitative estimate of drug-likeness (QED) is 0.710. The molecule has 1 aliphatic rings. The molecule has 1 heterocycles. The van der Waals surface area contributed by atoms with Crippen molar-refractivity contribution in [2.75, 3.05) is 30.4 Å². The van der Waals surface area contributed by atoms with Crippen LogP contribution in [0.25, 0.3) is 0 Å². The Hall–Kier alpha value is -3.05. The number of fused-ring (bicyclic) bond motifs is 1. The van der Waals surface area contributed by atoms with Crippen molar-refractivity contribution in [1.82, 2.24) is 0 Å². The number of rotatable bonds is 8. The second-order valence-corrected chi connectivity index (χ2v) is 7.66. The Labute approximate surface area is 167 Å². The van der Waals surface area contributed by atoms with E-state index < -0.39 is 5.91 Å². The third kappa shape index (κ3) is 4.43. The highest BCUT2D eigenvalue weighted by molar-refractivity contribution is 7.16. The monoisotopic (exact) mass is 398 g/mol. The zero-order valence-corrected chi connectivity index (χ0v) is 16.5. The summed E-state index contributed by atoms with van der Waals surface area (Å²) in [6.45, 7) is 0.369. The molecule has 146 valence electrons. The molecule has 3 rings (SSSR count). The van der Waals surface area contributed by atoms with Crippen LogP contribution in [0.15, 0.2) is 24.3 Å². The van der Waals surface area contributed by atoms with Gasteiger partial charge in [0, 0.05) is 23.5 Å². The van der Waals surface area contributed by atoms with Gasteiger partial charge in [-0.05, 0) is 49.1 Å². The summed E-state index contributed by atoms with van der Waals surface area (Å²) in [7, 11) is 1.58. The molecule has 1 aromatic carbocycles. The number of methoxy groups -OCH3 is 1. The number of aryl methyl sites for hydroxylation is 1. The van der Waals surface area contributed by atoms with Crippen molar-refractivity contribution in [3.8, 4) is 11.8 Å². The van der Waals surface area contributed by atoms with Crippen LogP contribution in [-0.2, 0) is 22.4 Å². The van der Waals surface area contributed by atoms with E-state index in [9.17, 15) is 14.9 Å². The van der Waals surface area contributed by atoms with Crippen molar-refractivity contribution >= 4 is 33.8 Å². The fraction of sp³-hybridized carbons (Fsp3) is 0.350. The first-order valence-electron chi connectivity index (χ1n) is 9.03. The van der Waals surface area contributed by atoms with E-state index in [-0.39, 0.29) is 18.9 Å². The number of thiophene rings is 1. The Morgan fingerprint density at radius 3 is 2.71 bits per heavy atom. The number of primary amides is 1. The van der Waals surface area contributed by atoms with Gasteiger partial charge < -0.3 is 20.7 Å². The first kappa shape index (κ1) is 19.7. The number of benzene rings is 1. The maximum Gasteiger partial charge on any atom is 0.244 e. The number of carbonyl (C=O) groups is 2. The Morgan fingerprint density at radius 1 is 1.32 bits per heavy atom. The summed E-state index contributed by atoms with van der Waals surface area (Å²) < 4.78 is 5.16. The van der Waals surface area contributed by atoms with Gasteiger partial charge in [-0.15, -0.1) is 11.3 Å². The number of carbonyl (C=O) groups excluding carboxylic acids is 2. The van der Waals surface area contributed by atoms with Gasteiger partial charge in [-0.3, -0.25) is 9.59 Å². The van der Waals surface area contributed by atoms with Crippen molar-refractivity contribution in [2.45, 2.75) is 25.7 Å². The predicted octanol–water partition coefficient (Wildman–Crippen LogP) is 2.44. The van der Waals surface area contributed by atoms with Crippen LogP contribution >= 0.6 is 11.3 Å². The van der Waals surface area contributed by atoms with Gasteiger partial charge >= 0.3 is 0 Å². The average Bonchev–Trinajstić information content (AvgIpc) is 3.25. The summed E-state index contributed by atoms with van der Waals surface area (Å²) in [5, 5.41) is 13.0. The molecule has 2 amide bonds. The fourth-order valence-electron chi connectivity index (χ4n) is 3.29. The summed E-state index contributed by atoms with van der Waals surface area (Å²) >= 11 is 1.48. The third-order valence-corrected chi connectivity index (χ3v) is 5.89. The number of nitriles is 1. The molecular weight excluding hydrogens is 376 g/mol. The Morgan fingerprint density at radius 2 is 2.07 bits per heavy atom. The van der Waals surface area contributed by atoms with E-state index in [1.807, 2.05) is 12.1 Å². The number of hydrogen-bond donors (Lipinski definition) is 2. The van der Waals surface area contributed by atoms with Crippen LogP contribution in [0, 0.1) is 11.3 Å². The molecule has 28 heavy (non-hydrogen) atoms. The molecule has 2 aromatic rings. The predicted molar refractivity (Wildman–Crippen MR) is 109 cm³/mol. The molecule has 0 radical (unpaired) electrons. The van der Waals surface area contributed by atoms with E-state index in [1.165, 1.54) is 16.2 Å². The lowest BCUT2D eigenvalue weighted by Crippen LogP contribution is -2.35. The fourth-order valence-corrected chi connectivity index (χ4v) is 4.54. The minimum atomic E-state index is -0.430. The number of hydrogen-bond acceptors (Lipinski definition) is 6. The van der Waals surface area contributed by atoms with Crippen molar-refractivity contribution in [3.05, 3.63) is 40.3 Å². The van der Waals surface area contributed by atoms with E-state index in [4.69, 9.17) is 10.5 Å². The maximum absolute atomic E-state index is 12.7. The second-order valence-electron chi connectivity index (χ2n) is 6.56. The number of ether oxygens (including phenoxy) is 1.